The van der Waals surface area contributed by atoms with Crippen molar-refractivity contribution < 1.29 is 9.53 Å². The standard InChI is InChI=1S/C20H24ClN3O2/c1-14-11-17(6-7-18(14)21)26-15(2)20(25)23-13-16-5-8-19(22-12-16)24-9-3-4-10-24/h5-8,11-12,15H,3-4,9-10,13H2,1-2H3,(H,23,25). The van der Waals surface area contributed by atoms with Crippen LogP contribution in [0.15, 0.2) is 36.5 Å². The summed E-state index contributed by atoms with van der Waals surface area (Å²) in [4.78, 5) is 19.0. The largest absolute Gasteiger partial charge is 0.481 e. The van der Waals surface area contributed by atoms with Crippen molar-refractivity contribution in [2.75, 3.05) is 18.0 Å². The Kier molecular flexibility index (Phi) is 5.99. The Bertz CT molecular complexity index is 758. The summed E-state index contributed by atoms with van der Waals surface area (Å²) in [6, 6.07) is 9.38. The average Bonchev–Trinajstić information content (AvgIpc) is 3.18. The van der Waals surface area contributed by atoms with Crippen LogP contribution in [0.3, 0.4) is 0 Å². The molecule has 1 aromatic heterocycles. The van der Waals surface area contributed by atoms with E-state index < -0.39 is 6.10 Å². The van der Waals surface area contributed by atoms with Gasteiger partial charge in [-0.25, -0.2) is 4.98 Å². The van der Waals surface area contributed by atoms with E-state index in [-0.39, 0.29) is 5.91 Å². The number of hydrogen-bond acceptors (Lipinski definition) is 4. The van der Waals surface area contributed by atoms with E-state index in [1.54, 1.807) is 19.1 Å². The van der Waals surface area contributed by atoms with Crippen LogP contribution in [0.1, 0.15) is 30.9 Å². The summed E-state index contributed by atoms with van der Waals surface area (Å²) in [5.74, 6) is 1.47. The van der Waals surface area contributed by atoms with Gasteiger partial charge in [0.15, 0.2) is 6.10 Å². The number of benzene rings is 1. The Labute approximate surface area is 159 Å². The van der Waals surface area contributed by atoms with Gasteiger partial charge < -0.3 is 15.0 Å². The van der Waals surface area contributed by atoms with Crippen LogP contribution in [0.25, 0.3) is 0 Å². The molecule has 1 unspecified atom stereocenters. The number of amides is 1. The number of rotatable bonds is 6. The second-order valence-corrected chi connectivity index (χ2v) is 7.01. The molecule has 5 nitrogen and oxygen atoms in total. The summed E-state index contributed by atoms with van der Waals surface area (Å²) in [5.41, 5.74) is 1.89. The summed E-state index contributed by atoms with van der Waals surface area (Å²) in [6.45, 7) is 6.20. The number of anilines is 1. The van der Waals surface area contributed by atoms with Crippen LogP contribution in [-0.2, 0) is 11.3 Å². The van der Waals surface area contributed by atoms with E-state index >= 15 is 0 Å². The molecule has 1 fully saturated rings. The third-order valence-corrected chi connectivity index (χ3v) is 4.94. The van der Waals surface area contributed by atoms with Gasteiger partial charge in [0.05, 0.1) is 0 Å². The maximum atomic E-state index is 12.3. The predicted octanol–water partition coefficient (Wildman–Crippen LogP) is 3.73. The molecule has 3 rings (SSSR count). The van der Waals surface area contributed by atoms with E-state index in [9.17, 15) is 4.79 Å². The van der Waals surface area contributed by atoms with Crippen LogP contribution in [0.5, 0.6) is 5.75 Å². The van der Waals surface area contributed by atoms with E-state index in [2.05, 4.69) is 15.2 Å². The fourth-order valence-electron chi connectivity index (χ4n) is 2.94. The van der Waals surface area contributed by atoms with Gasteiger partial charge in [-0.3, -0.25) is 4.79 Å². The van der Waals surface area contributed by atoms with Gasteiger partial charge in [-0.1, -0.05) is 17.7 Å². The molecular weight excluding hydrogens is 350 g/mol. The van der Waals surface area contributed by atoms with Gasteiger partial charge in [0.2, 0.25) is 0 Å². The number of carbonyl (C=O) groups excluding carboxylic acids is 1. The molecule has 0 radical (unpaired) electrons. The van der Waals surface area contributed by atoms with Crippen LogP contribution in [0.2, 0.25) is 5.02 Å². The SMILES string of the molecule is Cc1cc(OC(C)C(=O)NCc2ccc(N3CCCC3)nc2)ccc1Cl. The molecule has 0 bridgehead atoms. The number of aromatic nitrogens is 1. The minimum atomic E-state index is -0.590. The number of nitrogens with zero attached hydrogens (tertiary/aromatic N) is 2. The van der Waals surface area contributed by atoms with Crippen molar-refractivity contribution >= 4 is 23.3 Å². The first kappa shape index (κ1) is 18.5. The van der Waals surface area contributed by atoms with Crippen LogP contribution in [0, 0.1) is 6.92 Å². The lowest BCUT2D eigenvalue weighted by Crippen LogP contribution is -2.35. The van der Waals surface area contributed by atoms with Gasteiger partial charge in [0.1, 0.15) is 11.6 Å². The van der Waals surface area contributed by atoms with Crippen molar-refractivity contribution in [3.63, 3.8) is 0 Å². The topological polar surface area (TPSA) is 54.5 Å². The second kappa shape index (κ2) is 8.41. The monoisotopic (exact) mass is 373 g/mol. The molecule has 2 aromatic rings. The molecule has 0 saturated carbocycles. The highest BCUT2D eigenvalue weighted by Gasteiger charge is 2.16. The molecule has 138 valence electrons. The number of aryl methyl sites for hydroxylation is 1. The molecule has 1 saturated heterocycles. The van der Waals surface area contributed by atoms with Crippen molar-refractivity contribution in [2.45, 2.75) is 39.3 Å². The van der Waals surface area contributed by atoms with Crippen LogP contribution < -0.4 is 15.0 Å². The third kappa shape index (κ3) is 4.67. The Morgan fingerprint density at radius 1 is 1.31 bits per heavy atom. The van der Waals surface area contributed by atoms with E-state index in [4.69, 9.17) is 16.3 Å². The third-order valence-electron chi connectivity index (χ3n) is 4.52. The summed E-state index contributed by atoms with van der Waals surface area (Å²) in [7, 11) is 0. The quantitative estimate of drug-likeness (QED) is 0.838. The van der Waals surface area contributed by atoms with Crippen molar-refractivity contribution in [3.05, 3.63) is 52.7 Å². The van der Waals surface area contributed by atoms with Gasteiger partial charge in [0, 0.05) is 30.9 Å². The molecule has 2 heterocycles. The first-order valence-electron chi connectivity index (χ1n) is 8.93. The Morgan fingerprint density at radius 3 is 2.73 bits per heavy atom. The molecule has 6 heteroatoms. The minimum absolute atomic E-state index is 0.166. The van der Waals surface area contributed by atoms with E-state index in [1.807, 2.05) is 31.3 Å². The van der Waals surface area contributed by atoms with Crippen molar-refractivity contribution in [1.29, 1.82) is 0 Å². The highest BCUT2D eigenvalue weighted by atomic mass is 35.5. The molecule has 1 amide bonds. The van der Waals surface area contributed by atoms with Gasteiger partial charge >= 0.3 is 0 Å². The fraction of sp³-hybridized carbons (Fsp3) is 0.400. The summed E-state index contributed by atoms with van der Waals surface area (Å²) >= 11 is 6.01. The lowest BCUT2D eigenvalue weighted by Gasteiger charge is -2.17. The number of nitrogens with one attached hydrogen (secondary N) is 1. The first-order valence-corrected chi connectivity index (χ1v) is 9.31. The van der Waals surface area contributed by atoms with Gasteiger partial charge in [-0.05, 0) is 62.1 Å². The Morgan fingerprint density at radius 2 is 2.08 bits per heavy atom. The number of halogens is 1. The van der Waals surface area contributed by atoms with Crippen molar-refractivity contribution in [1.82, 2.24) is 10.3 Å². The zero-order valence-corrected chi connectivity index (χ0v) is 15.9. The van der Waals surface area contributed by atoms with Crippen molar-refractivity contribution in [3.8, 4) is 5.75 Å². The molecular formula is C20H24ClN3O2. The molecule has 26 heavy (non-hydrogen) atoms. The minimum Gasteiger partial charge on any atom is -0.481 e. The Hall–Kier alpha value is -2.27. The number of carbonyl (C=O) groups is 1. The van der Waals surface area contributed by atoms with Crippen LogP contribution in [0.4, 0.5) is 5.82 Å². The lowest BCUT2D eigenvalue weighted by atomic mass is 10.2. The molecule has 0 aliphatic carbocycles. The predicted molar refractivity (Wildman–Crippen MR) is 104 cm³/mol. The van der Waals surface area contributed by atoms with Crippen LogP contribution >= 0.6 is 11.6 Å². The zero-order valence-electron chi connectivity index (χ0n) is 15.2. The van der Waals surface area contributed by atoms with E-state index in [0.29, 0.717) is 17.3 Å². The second-order valence-electron chi connectivity index (χ2n) is 6.61. The highest BCUT2D eigenvalue weighted by molar-refractivity contribution is 6.31. The van der Waals surface area contributed by atoms with Crippen molar-refractivity contribution in [2.24, 2.45) is 0 Å². The zero-order chi connectivity index (χ0) is 18.5. The van der Waals surface area contributed by atoms with Gasteiger partial charge in [-0.2, -0.15) is 0 Å². The van der Waals surface area contributed by atoms with Gasteiger partial charge in [-0.15, -0.1) is 0 Å². The number of hydrogen-bond donors (Lipinski definition) is 1. The van der Waals surface area contributed by atoms with E-state index in [1.165, 1.54) is 12.8 Å². The normalized spacial score (nSPS) is 15.0. The molecule has 1 aromatic carbocycles. The molecule has 1 N–H and O–H groups in total. The molecule has 1 aliphatic heterocycles. The number of ether oxygens (including phenoxy) is 1. The molecule has 1 aliphatic rings. The lowest BCUT2D eigenvalue weighted by molar-refractivity contribution is -0.127. The Balaban J connectivity index is 1.50. The highest BCUT2D eigenvalue weighted by Crippen LogP contribution is 2.22. The summed E-state index contributed by atoms with van der Waals surface area (Å²) in [6.07, 6.45) is 3.68. The maximum Gasteiger partial charge on any atom is 0.261 e. The molecule has 0 spiro atoms. The maximum absolute atomic E-state index is 12.3. The number of pyridine rings is 1. The summed E-state index contributed by atoms with van der Waals surface area (Å²) < 4.78 is 5.69. The van der Waals surface area contributed by atoms with E-state index in [0.717, 1.165) is 30.0 Å². The van der Waals surface area contributed by atoms with Gasteiger partial charge in [0.25, 0.3) is 5.91 Å². The first-order chi connectivity index (χ1) is 12.5. The molecule has 1 atom stereocenters. The van der Waals surface area contributed by atoms with Crippen LogP contribution in [-0.4, -0.2) is 30.1 Å². The summed E-state index contributed by atoms with van der Waals surface area (Å²) in [5, 5.41) is 3.57. The fourth-order valence-corrected chi connectivity index (χ4v) is 3.05. The average molecular weight is 374 g/mol. The smallest absolute Gasteiger partial charge is 0.261 e.